The molecule has 12 nitrogen and oxygen atoms in total. The Bertz CT molecular complexity index is 3210. The number of nitrogens with one attached hydrogen (secondary N) is 4. The van der Waals surface area contributed by atoms with Crippen LogP contribution in [0.3, 0.4) is 0 Å². The minimum atomic E-state index is 0.658. The van der Waals surface area contributed by atoms with E-state index in [1.165, 1.54) is 0 Å². The van der Waals surface area contributed by atoms with Gasteiger partial charge in [-0.05, 0) is 145 Å². The molecule has 12 heteroatoms. The molecule has 64 heavy (non-hydrogen) atoms. The Morgan fingerprint density at radius 1 is 0.438 bits per heavy atom. The van der Waals surface area contributed by atoms with Gasteiger partial charge in [-0.2, -0.15) is 0 Å². The number of nitrogens with zero attached hydrogens (tertiary/aromatic N) is 8. The van der Waals surface area contributed by atoms with Gasteiger partial charge < -0.3 is 30.4 Å². The minimum Gasteiger partial charge on any atom is -0.355 e. The molecule has 0 radical (unpaired) electrons. The van der Waals surface area contributed by atoms with E-state index in [1.54, 1.807) is 0 Å². The molecule has 0 saturated carbocycles. The first-order chi connectivity index (χ1) is 31.4. The molecule has 12 rings (SSSR count). The fourth-order valence-electron chi connectivity index (χ4n) is 8.28. The SMILES string of the molecule is CN1C=CN/C1=C1/C2=NC(=CC3=NC(=C(C#CC#CC4=C5C=CC(=N5)C=C5C=CC(=N5)/C(=C5/NC=CN5C)c5ccc([nH]5)C=C5C=CC4=N5)C4=NC(=Cc5ccc1[nH]5)C=C4)C=C3)C=C2. The van der Waals surface area contributed by atoms with Gasteiger partial charge in [0.05, 0.1) is 102 Å². The molecule has 10 aliphatic rings. The largest absolute Gasteiger partial charge is 0.355 e. The van der Waals surface area contributed by atoms with Gasteiger partial charge in [0.1, 0.15) is 11.6 Å². The van der Waals surface area contributed by atoms with Crippen molar-refractivity contribution in [2.24, 2.45) is 30.0 Å². The monoisotopic (exact) mass is 826 g/mol. The Kier molecular flexibility index (Phi) is 8.42. The van der Waals surface area contributed by atoms with Gasteiger partial charge in [-0.15, -0.1) is 0 Å². The van der Waals surface area contributed by atoms with E-state index >= 15 is 0 Å². The zero-order valence-electron chi connectivity index (χ0n) is 34.4. The maximum atomic E-state index is 5.02. The Balaban J connectivity index is 0.926. The second-order valence-electron chi connectivity index (χ2n) is 15.6. The van der Waals surface area contributed by atoms with Gasteiger partial charge in [-0.25, -0.2) is 30.0 Å². The summed E-state index contributed by atoms with van der Waals surface area (Å²) in [5.74, 6) is 14.8. The van der Waals surface area contributed by atoms with Crippen LogP contribution in [0, 0.1) is 23.7 Å². The highest BCUT2D eigenvalue weighted by molar-refractivity contribution is 6.32. The van der Waals surface area contributed by atoms with E-state index in [1.807, 2.05) is 158 Å². The zero-order valence-corrected chi connectivity index (χ0v) is 34.4. The molecule has 0 unspecified atom stereocenters. The Labute approximate surface area is 368 Å². The van der Waals surface area contributed by atoms with Crippen LogP contribution in [-0.4, -0.2) is 68.1 Å². The molecule has 0 aliphatic carbocycles. The molecule has 4 N–H and O–H groups in total. The van der Waals surface area contributed by atoms with E-state index < -0.39 is 0 Å². The van der Waals surface area contributed by atoms with Crippen LogP contribution in [0.25, 0.3) is 23.3 Å². The summed E-state index contributed by atoms with van der Waals surface area (Å²) in [7, 11) is 4.02. The summed E-state index contributed by atoms with van der Waals surface area (Å²) in [5.41, 5.74) is 16.0. The molecule has 0 fully saturated rings. The standard InChI is InChI=1S/C52H34N12/c1-63-25-23-53-51(63)49-45-19-11-35(59-45)27-31-7-15-41(55-31)39(42-16-8-32(56-42)28-36-12-20-46(49)60-36)5-3-4-6-40-43-17-9-33(57-43)29-37-13-21-47(61-37)50(52-54-24-26-64(52)2)48-22-14-38(62-48)30-34-10-18-44(40)58-34/h7-30,53-54,59,61H,1-2H3/b31-27?,33-29?,36-28?,38-30?,42-39?,44-40?,51-49-,52-50-. The van der Waals surface area contributed by atoms with Crippen molar-refractivity contribution in [3.05, 3.63) is 214 Å². The zero-order chi connectivity index (χ0) is 42.7. The number of fused-ring (bicyclic) bond motifs is 10. The maximum absolute atomic E-state index is 5.02. The molecule has 0 amide bonds. The smallest absolute Gasteiger partial charge is 0.121 e. The van der Waals surface area contributed by atoms with Gasteiger partial charge in [0, 0.05) is 50.3 Å². The molecular weight excluding hydrogens is 793 g/mol. The highest BCUT2D eigenvalue weighted by Crippen LogP contribution is 2.32. The normalized spacial score (nSPS) is 22.7. The third-order valence-corrected chi connectivity index (χ3v) is 11.3. The topological polar surface area (TPSA) is 136 Å². The third kappa shape index (κ3) is 6.65. The molecule has 0 aromatic carbocycles. The highest BCUT2D eigenvalue weighted by Gasteiger charge is 2.25. The minimum absolute atomic E-state index is 0.658. The Hall–Kier alpha value is -9.26. The molecule has 16 bridgehead atoms. The Morgan fingerprint density at radius 3 is 1.30 bits per heavy atom. The van der Waals surface area contributed by atoms with Crippen molar-refractivity contribution in [3.63, 3.8) is 0 Å². The molecular formula is C52H34N12. The number of H-pyrrole nitrogens is 2. The van der Waals surface area contributed by atoms with Crippen molar-refractivity contribution in [2.45, 2.75) is 0 Å². The number of aliphatic imine (C=N–C) groups is 6. The van der Waals surface area contributed by atoms with Crippen molar-refractivity contribution >= 4 is 57.6 Å². The van der Waals surface area contributed by atoms with E-state index in [9.17, 15) is 0 Å². The van der Waals surface area contributed by atoms with Crippen LogP contribution in [0.2, 0.25) is 0 Å². The van der Waals surface area contributed by atoms with Gasteiger partial charge >= 0.3 is 0 Å². The molecule has 12 heterocycles. The molecule has 2 aromatic heterocycles. The summed E-state index contributed by atoms with van der Waals surface area (Å²) in [6.07, 6.45) is 39.6. The molecule has 0 atom stereocenters. The lowest BCUT2D eigenvalue weighted by atomic mass is 10.1. The summed E-state index contributed by atoms with van der Waals surface area (Å²) in [4.78, 5) is 41.3. The van der Waals surface area contributed by atoms with Crippen molar-refractivity contribution in [2.75, 3.05) is 14.1 Å². The van der Waals surface area contributed by atoms with Crippen molar-refractivity contribution in [3.8, 4) is 23.7 Å². The third-order valence-electron chi connectivity index (χ3n) is 11.3. The number of allylic oxidation sites excluding steroid dienone is 18. The average Bonchev–Trinajstić information content (AvgIpc) is 4.13. The fraction of sp³-hybridized carbons (Fsp3) is 0.0385. The van der Waals surface area contributed by atoms with Crippen LogP contribution in [-0.2, 0) is 0 Å². The van der Waals surface area contributed by atoms with Crippen LogP contribution in [0.15, 0.2) is 221 Å². The maximum Gasteiger partial charge on any atom is 0.121 e. The van der Waals surface area contributed by atoms with Crippen LogP contribution in [0.5, 0.6) is 0 Å². The molecule has 0 saturated heterocycles. The van der Waals surface area contributed by atoms with Crippen LogP contribution < -0.4 is 10.6 Å². The molecule has 302 valence electrons. The van der Waals surface area contributed by atoms with Gasteiger partial charge in [-0.3, -0.25) is 0 Å². The first-order valence-electron chi connectivity index (χ1n) is 20.6. The summed E-state index contributed by atoms with van der Waals surface area (Å²) < 4.78 is 0. The number of hydrogen-bond acceptors (Lipinski definition) is 10. The predicted octanol–water partition coefficient (Wildman–Crippen LogP) is 7.45. The lowest BCUT2D eigenvalue weighted by molar-refractivity contribution is 0.574. The fourth-order valence-corrected chi connectivity index (χ4v) is 8.28. The summed E-state index contributed by atoms with van der Waals surface area (Å²) in [6, 6.07) is 8.23. The molecule has 2 aromatic rings. The van der Waals surface area contributed by atoms with E-state index in [-0.39, 0.29) is 0 Å². The van der Waals surface area contributed by atoms with Crippen molar-refractivity contribution < 1.29 is 0 Å². The number of aromatic amines is 2. The van der Waals surface area contributed by atoms with E-state index in [0.717, 1.165) is 91.2 Å². The van der Waals surface area contributed by atoms with E-state index in [0.29, 0.717) is 34.0 Å². The number of rotatable bonds is 0. The first-order valence-corrected chi connectivity index (χ1v) is 20.6. The van der Waals surface area contributed by atoms with Crippen molar-refractivity contribution in [1.82, 2.24) is 30.4 Å². The van der Waals surface area contributed by atoms with Crippen LogP contribution in [0.4, 0.5) is 0 Å². The van der Waals surface area contributed by atoms with E-state index in [2.05, 4.69) is 56.4 Å². The lowest BCUT2D eigenvalue weighted by Gasteiger charge is -2.16. The lowest BCUT2D eigenvalue weighted by Crippen LogP contribution is -2.19. The summed E-state index contributed by atoms with van der Waals surface area (Å²) in [6.45, 7) is 0. The molecule has 10 aliphatic heterocycles. The van der Waals surface area contributed by atoms with Gasteiger partial charge in [0.15, 0.2) is 0 Å². The second-order valence-corrected chi connectivity index (χ2v) is 15.6. The van der Waals surface area contributed by atoms with Gasteiger partial charge in [0.25, 0.3) is 0 Å². The van der Waals surface area contributed by atoms with Gasteiger partial charge in [-0.1, -0.05) is 0 Å². The second kappa shape index (κ2) is 14.7. The number of hydrogen-bond donors (Lipinski definition) is 4. The summed E-state index contributed by atoms with van der Waals surface area (Å²) in [5, 5.41) is 6.76. The van der Waals surface area contributed by atoms with E-state index in [4.69, 9.17) is 30.0 Å². The summed E-state index contributed by atoms with van der Waals surface area (Å²) >= 11 is 0. The number of aromatic nitrogens is 2. The van der Waals surface area contributed by atoms with Crippen molar-refractivity contribution in [1.29, 1.82) is 0 Å². The predicted molar refractivity (Wildman–Crippen MR) is 257 cm³/mol. The average molecular weight is 827 g/mol. The molecule has 0 spiro atoms. The first kappa shape index (κ1) is 36.6. The Morgan fingerprint density at radius 2 is 0.859 bits per heavy atom. The highest BCUT2D eigenvalue weighted by atomic mass is 15.3. The van der Waals surface area contributed by atoms with Crippen LogP contribution in [0.1, 0.15) is 22.8 Å². The van der Waals surface area contributed by atoms with Crippen LogP contribution >= 0.6 is 0 Å². The van der Waals surface area contributed by atoms with Gasteiger partial charge in [0.2, 0.25) is 0 Å². The quantitative estimate of drug-likeness (QED) is 0.205.